The van der Waals surface area contributed by atoms with Gasteiger partial charge in [-0.05, 0) is 55.8 Å². The molecule has 0 bridgehead atoms. The lowest BCUT2D eigenvalue weighted by molar-refractivity contribution is -0.137. The molecule has 8 heteroatoms. The van der Waals surface area contributed by atoms with Crippen LogP contribution in [0.4, 0.5) is 19.1 Å². The van der Waals surface area contributed by atoms with Gasteiger partial charge in [0.05, 0.1) is 21.6 Å². The first-order chi connectivity index (χ1) is 15.2. The van der Waals surface area contributed by atoms with Crippen molar-refractivity contribution < 1.29 is 17.9 Å². The highest BCUT2D eigenvalue weighted by atomic mass is 35.5. The molecule has 0 aliphatic rings. The van der Waals surface area contributed by atoms with Gasteiger partial charge in [-0.2, -0.15) is 13.2 Å². The van der Waals surface area contributed by atoms with Crippen molar-refractivity contribution in [3.63, 3.8) is 0 Å². The van der Waals surface area contributed by atoms with Crippen molar-refractivity contribution in [3.8, 4) is 11.5 Å². The predicted molar refractivity (Wildman–Crippen MR) is 120 cm³/mol. The molecule has 3 aromatic carbocycles. The van der Waals surface area contributed by atoms with Gasteiger partial charge in [0, 0.05) is 12.6 Å². The summed E-state index contributed by atoms with van der Waals surface area (Å²) in [7, 11) is 0. The maximum absolute atomic E-state index is 13.2. The van der Waals surface area contributed by atoms with Crippen LogP contribution < -0.4 is 10.1 Å². The van der Waals surface area contributed by atoms with Gasteiger partial charge < -0.3 is 14.6 Å². The Bertz CT molecular complexity index is 1240. The number of hydrogen-bond acceptors (Lipinski definition) is 3. The summed E-state index contributed by atoms with van der Waals surface area (Å²) >= 11 is 6.24. The maximum atomic E-state index is 13.2. The average molecular weight is 460 g/mol. The quantitative estimate of drug-likeness (QED) is 0.321. The Labute approximate surface area is 188 Å². The minimum absolute atomic E-state index is 0.0160. The van der Waals surface area contributed by atoms with E-state index in [1.54, 1.807) is 0 Å². The Balaban J connectivity index is 1.61. The van der Waals surface area contributed by atoms with Gasteiger partial charge in [-0.15, -0.1) is 0 Å². The molecular weight excluding hydrogens is 439 g/mol. The first-order valence-corrected chi connectivity index (χ1v) is 10.4. The number of fused-ring (bicyclic) bond motifs is 1. The zero-order chi connectivity index (χ0) is 22.9. The molecule has 166 valence electrons. The molecule has 4 nitrogen and oxygen atoms in total. The van der Waals surface area contributed by atoms with Crippen molar-refractivity contribution in [3.05, 3.63) is 82.9 Å². The number of nitrogens with one attached hydrogen (secondary N) is 1. The van der Waals surface area contributed by atoms with Crippen LogP contribution in [-0.4, -0.2) is 9.55 Å². The minimum atomic E-state index is -4.49. The normalized spacial score (nSPS) is 11.8. The number of benzene rings is 3. The Morgan fingerprint density at radius 1 is 1.00 bits per heavy atom. The van der Waals surface area contributed by atoms with E-state index in [1.165, 1.54) is 0 Å². The van der Waals surface area contributed by atoms with Crippen LogP contribution in [0.1, 0.15) is 31.0 Å². The Morgan fingerprint density at radius 2 is 1.72 bits per heavy atom. The van der Waals surface area contributed by atoms with E-state index in [-0.39, 0.29) is 16.6 Å². The second-order valence-corrected chi connectivity index (χ2v) is 8.05. The standard InChI is InChI=1S/C24H21ClF3N3O/c1-15(2)31-22-20(25)12-17(24(26,27)28)13-21(22)30-23(31)29-14-16-7-6-10-19(11-16)32-18-8-4-3-5-9-18/h3-13,15H,14H2,1-2H3,(H,29,30). The smallest absolute Gasteiger partial charge is 0.416 e. The Kier molecular flexibility index (Phi) is 6.02. The van der Waals surface area contributed by atoms with Crippen LogP contribution in [-0.2, 0) is 12.7 Å². The number of aromatic nitrogens is 2. The molecule has 0 saturated carbocycles. The van der Waals surface area contributed by atoms with Crippen molar-refractivity contribution in [2.45, 2.75) is 32.6 Å². The van der Waals surface area contributed by atoms with Crippen LogP contribution in [0.5, 0.6) is 11.5 Å². The zero-order valence-electron chi connectivity index (χ0n) is 17.4. The lowest BCUT2D eigenvalue weighted by Gasteiger charge is -2.15. The van der Waals surface area contributed by atoms with E-state index >= 15 is 0 Å². The average Bonchev–Trinajstić information content (AvgIpc) is 3.12. The lowest BCUT2D eigenvalue weighted by atomic mass is 10.2. The topological polar surface area (TPSA) is 39.1 Å². The highest BCUT2D eigenvalue weighted by Gasteiger charge is 2.32. The van der Waals surface area contributed by atoms with Gasteiger partial charge in [-0.25, -0.2) is 4.98 Å². The number of halogens is 4. The number of para-hydroxylation sites is 1. The van der Waals surface area contributed by atoms with E-state index in [0.717, 1.165) is 23.4 Å². The van der Waals surface area contributed by atoms with E-state index in [2.05, 4.69) is 10.3 Å². The molecule has 0 radical (unpaired) electrons. The first kappa shape index (κ1) is 22.0. The first-order valence-electron chi connectivity index (χ1n) is 10.1. The molecule has 0 fully saturated rings. The SMILES string of the molecule is CC(C)n1c(NCc2cccc(Oc3ccccc3)c2)nc2cc(C(F)(F)F)cc(Cl)c21. The van der Waals surface area contributed by atoms with Gasteiger partial charge in [-0.3, -0.25) is 0 Å². The third kappa shape index (κ3) is 4.67. The number of alkyl halides is 3. The summed E-state index contributed by atoms with van der Waals surface area (Å²) in [6.07, 6.45) is -4.49. The Hall–Kier alpha value is -3.19. The molecule has 0 saturated heterocycles. The molecule has 1 aromatic heterocycles. The van der Waals surface area contributed by atoms with Crippen LogP contribution in [0.25, 0.3) is 11.0 Å². The highest BCUT2D eigenvalue weighted by Crippen LogP contribution is 2.37. The van der Waals surface area contributed by atoms with Crippen molar-refractivity contribution in [1.29, 1.82) is 0 Å². The summed E-state index contributed by atoms with van der Waals surface area (Å²) in [5, 5.41) is 3.25. The molecule has 0 atom stereocenters. The Morgan fingerprint density at radius 3 is 2.41 bits per heavy atom. The van der Waals surface area contributed by atoms with E-state index in [9.17, 15) is 13.2 Å². The molecule has 0 unspecified atom stereocenters. The summed E-state index contributed by atoms with van der Waals surface area (Å²) < 4.78 is 47.3. The highest BCUT2D eigenvalue weighted by molar-refractivity contribution is 6.35. The van der Waals surface area contributed by atoms with E-state index < -0.39 is 11.7 Å². The molecular formula is C24H21ClF3N3O. The second kappa shape index (κ2) is 8.74. The maximum Gasteiger partial charge on any atom is 0.416 e. The van der Waals surface area contributed by atoms with Crippen LogP contribution in [0.3, 0.4) is 0 Å². The molecule has 32 heavy (non-hydrogen) atoms. The lowest BCUT2D eigenvalue weighted by Crippen LogP contribution is -2.10. The third-order valence-electron chi connectivity index (χ3n) is 4.91. The van der Waals surface area contributed by atoms with E-state index in [0.29, 0.717) is 23.8 Å². The number of ether oxygens (including phenoxy) is 1. The van der Waals surface area contributed by atoms with Crippen molar-refractivity contribution in [2.75, 3.05) is 5.32 Å². The van der Waals surface area contributed by atoms with Gasteiger partial charge in [0.15, 0.2) is 0 Å². The fourth-order valence-electron chi connectivity index (χ4n) is 3.50. The minimum Gasteiger partial charge on any atom is -0.457 e. The zero-order valence-corrected chi connectivity index (χ0v) is 18.2. The summed E-state index contributed by atoms with van der Waals surface area (Å²) in [5.74, 6) is 1.87. The molecule has 1 heterocycles. The number of anilines is 1. The molecule has 0 amide bonds. The van der Waals surface area contributed by atoms with Gasteiger partial charge in [0.1, 0.15) is 11.5 Å². The van der Waals surface area contributed by atoms with Crippen molar-refractivity contribution in [2.24, 2.45) is 0 Å². The number of nitrogens with zero attached hydrogens (tertiary/aromatic N) is 2. The van der Waals surface area contributed by atoms with Gasteiger partial charge >= 0.3 is 6.18 Å². The third-order valence-corrected chi connectivity index (χ3v) is 5.20. The summed E-state index contributed by atoms with van der Waals surface area (Å²) in [6, 6.07) is 18.9. The summed E-state index contributed by atoms with van der Waals surface area (Å²) in [5.41, 5.74) is 0.782. The fraction of sp³-hybridized carbons (Fsp3) is 0.208. The summed E-state index contributed by atoms with van der Waals surface area (Å²) in [4.78, 5) is 4.41. The molecule has 0 aliphatic carbocycles. The van der Waals surface area contributed by atoms with Crippen LogP contribution >= 0.6 is 11.6 Å². The van der Waals surface area contributed by atoms with Gasteiger partial charge in [0.25, 0.3) is 0 Å². The summed E-state index contributed by atoms with van der Waals surface area (Å²) in [6.45, 7) is 4.26. The number of hydrogen-bond donors (Lipinski definition) is 1. The molecule has 0 aliphatic heterocycles. The van der Waals surface area contributed by atoms with Crippen LogP contribution in [0.2, 0.25) is 5.02 Å². The van der Waals surface area contributed by atoms with Gasteiger partial charge in [-0.1, -0.05) is 41.9 Å². The molecule has 4 aromatic rings. The molecule has 4 rings (SSSR count). The van der Waals surface area contributed by atoms with E-state index in [4.69, 9.17) is 16.3 Å². The van der Waals surface area contributed by atoms with Crippen molar-refractivity contribution >= 4 is 28.6 Å². The van der Waals surface area contributed by atoms with Crippen LogP contribution in [0, 0.1) is 0 Å². The van der Waals surface area contributed by atoms with Crippen LogP contribution in [0.15, 0.2) is 66.7 Å². The van der Waals surface area contributed by atoms with Gasteiger partial charge in [0.2, 0.25) is 5.95 Å². The molecule has 0 spiro atoms. The second-order valence-electron chi connectivity index (χ2n) is 7.64. The number of imidazole rings is 1. The largest absolute Gasteiger partial charge is 0.457 e. The van der Waals surface area contributed by atoms with E-state index in [1.807, 2.05) is 73.0 Å². The monoisotopic (exact) mass is 459 g/mol. The predicted octanol–water partition coefficient (Wildman–Crippen LogP) is 7.69. The fourth-order valence-corrected chi connectivity index (χ4v) is 3.80. The molecule has 1 N–H and O–H groups in total. The number of rotatable bonds is 6. The van der Waals surface area contributed by atoms with Crippen molar-refractivity contribution in [1.82, 2.24) is 9.55 Å².